The molecule has 1 rings (SSSR count). The second-order valence-corrected chi connectivity index (χ2v) is 4.25. The summed E-state index contributed by atoms with van der Waals surface area (Å²) in [5, 5.41) is 8.74. The molecule has 5 heteroatoms. The van der Waals surface area contributed by atoms with Crippen molar-refractivity contribution in [2.75, 3.05) is 30.9 Å². The minimum Gasteiger partial charge on any atom is -0.383 e. The number of nitrogens with one attached hydrogen (secondary N) is 3. The van der Waals surface area contributed by atoms with Gasteiger partial charge in [0.1, 0.15) is 0 Å². The number of methoxy groups -OCH3 is 1. The van der Waals surface area contributed by atoms with Crippen LogP contribution in [-0.4, -0.2) is 32.3 Å². The summed E-state index contributed by atoms with van der Waals surface area (Å²) < 4.78 is 4.95. The Morgan fingerprint density at radius 3 is 2.39 bits per heavy atom. The van der Waals surface area contributed by atoms with E-state index in [0.717, 1.165) is 17.9 Å². The second-order valence-electron chi connectivity index (χ2n) is 4.25. The average molecular weight is 251 g/mol. The summed E-state index contributed by atoms with van der Waals surface area (Å²) in [6, 6.07) is 7.48. The highest BCUT2D eigenvalue weighted by molar-refractivity contribution is 5.89. The molecular formula is C13H21N3O2. The summed E-state index contributed by atoms with van der Waals surface area (Å²) in [4.78, 5) is 11.5. The van der Waals surface area contributed by atoms with Crippen LogP contribution in [0.15, 0.2) is 24.3 Å². The van der Waals surface area contributed by atoms with Crippen molar-refractivity contribution in [1.29, 1.82) is 0 Å². The molecule has 100 valence electrons. The van der Waals surface area contributed by atoms with E-state index in [0.29, 0.717) is 6.61 Å². The molecule has 0 radical (unpaired) electrons. The lowest BCUT2D eigenvalue weighted by Gasteiger charge is -2.11. The lowest BCUT2D eigenvalue weighted by atomic mass is 10.3. The molecule has 0 saturated carbocycles. The zero-order chi connectivity index (χ0) is 13.4. The Hall–Kier alpha value is -1.75. The quantitative estimate of drug-likeness (QED) is 0.680. The number of hydrogen-bond acceptors (Lipinski definition) is 3. The number of benzene rings is 1. The number of anilines is 2. The van der Waals surface area contributed by atoms with Crippen LogP contribution in [-0.2, 0) is 4.74 Å². The van der Waals surface area contributed by atoms with Crippen LogP contribution in [0.1, 0.15) is 13.8 Å². The van der Waals surface area contributed by atoms with Crippen molar-refractivity contribution in [2.45, 2.75) is 19.9 Å². The van der Waals surface area contributed by atoms with Gasteiger partial charge in [-0.05, 0) is 38.1 Å². The Labute approximate surface area is 108 Å². The molecule has 0 aliphatic carbocycles. The third-order valence-corrected chi connectivity index (χ3v) is 2.20. The zero-order valence-corrected chi connectivity index (χ0v) is 11.1. The number of urea groups is 1. The van der Waals surface area contributed by atoms with Gasteiger partial charge in [-0.1, -0.05) is 0 Å². The zero-order valence-electron chi connectivity index (χ0n) is 11.1. The lowest BCUT2D eigenvalue weighted by molar-refractivity contribution is 0.211. The monoisotopic (exact) mass is 251 g/mol. The lowest BCUT2D eigenvalue weighted by Crippen LogP contribution is -2.34. The van der Waals surface area contributed by atoms with Gasteiger partial charge in [0.15, 0.2) is 0 Å². The number of carbonyl (C=O) groups is 1. The van der Waals surface area contributed by atoms with Gasteiger partial charge in [-0.3, -0.25) is 0 Å². The molecule has 1 aromatic carbocycles. The van der Waals surface area contributed by atoms with Crippen molar-refractivity contribution in [1.82, 2.24) is 5.32 Å². The van der Waals surface area contributed by atoms with Gasteiger partial charge in [-0.15, -0.1) is 0 Å². The van der Waals surface area contributed by atoms with Gasteiger partial charge in [0.25, 0.3) is 0 Å². The standard InChI is InChI=1S/C13H21N3O2/c1-10(2)15-13(17)16-12-6-4-11(5-7-12)14-8-9-18-3/h4-7,10,14H,8-9H2,1-3H3,(H2,15,16,17). The van der Waals surface area contributed by atoms with Gasteiger partial charge >= 0.3 is 6.03 Å². The van der Waals surface area contributed by atoms with Gasteiger partial charge in [-0.2, -0.15) is 0 Å². The van der Waals surface area contributed by atoms with Gasteiger partial charge in [-0.25, -0.2) is 4.79 Å². The largest absolute Gasteiger partial charge is 0.383 e. The van der Waals surface area contributed by atoms with Crippen molar-refractivity contribution in [3.8, 4) is 0 Å². The van der Waals surface area contributed by atoms with E-state index in [1.807, 2.05) is 38.1 Å². The van der Waals surface area contributed by atoms with E-state index in [9.17, 15) is 4.79 Å². The SMILES string of the molecule is COCCNc1ccc(NC(=O)NC(C)C)cc1. The molecule has 0 atom stereocenters. The number of hydrogen-bond donors (Lipinski definition) is 3. The van der Waals surface area contributed by atoms with Gasteiger partial charge in [0, 0.05) is 31.1 Å². The number of rotatable bonds is 6. The Bertz CT molecular complexity index is 363. The smallest absolute Gasteiger partial charge is 0.319 e. The maximum atomic E-state index is 11.5. The van der Waals surface area contributed by atoms with Crippen molar-refractivity contribution >= 4 is 17.4 Å². The van der Waals surface area contributed by atoms with Crippen LogP contribution in [0, 0.1) is 0 Å². The van der Waals surface area contributed by atoms with E-state index in [4.69, 9.17) is 4.74 Å². The third-order valence-electron chi connectivity index (χ3n) is 2.20. The maximum absolute atomic E-state index is 11.5. The van der Waals surface area contributed by atoms with Gasteiger partial charge in [0.2, 0.25) is 0 Å². The Morgan fingerprint density at radius 2 is 1.83 bits per heavy atom. The van der Waals surface area contributed by atoms with Gasteiger partial charge in [0.05, 0.1) is 6.61 Å². The fourth-order valence-corrected chi connectivity index (χ4v) is 1.40. The summed E-state index contributed by atoms with van der Waals surface area (Å²) in [5.41, 5.74) is 1.77. The molecular weight excluding hydrogens is 230 g/mol. The van der Waals surface area contributed by atoms with E-state index >= 15 is 0 Å². The molecule has 0 bridgehead atoms. The molecule has 0 unspecified atom stereocenters. The van der Waals surface area contributed by atoms with E-state index in [2.05, 4.69) is 16.0 Å². The highest BCUT2D eigenvalue weighted by atomic mass is 16.5. The van der Waals surface area contributed by atoms with Crippen molar-refractivity contribution in [3.63, 3.8) is 0 Å². The summed E-state index contributed by atoms with van der Waals surface area (Å²) in [6.07, 6.45) is 0. The van der Waals surface area contributed by atoms with Crippen LogP contribution in [0.3, 0.4) is 0 Å². The Morgan fingerprint density at radius 1 is 1.22 bits per heavy atom. The van der Waals surface area contributed by atoms with Crippen molar-refractivity contribution in [3.05, 3.63) is 24.3 Å². The number of carbonyl (C=O) groups excluding carboxylic acids is 1. The highest BCUT2D eigenvalue weighted by Crippen LogP contribution is 2.13. The number of ether oxygens (including phenoxy) is 1. The Balaban J connectivity index is 2.42. The predicted molar refractivity (Wildman–Crippen MR) is 74.1 cm³/mol. The van der Waals surface area contributed by atoms with Crippen LogP contribution in [0.5, 0.6) is 0 Å². The number of amides is 2. The minimum absolute atomic E-state index is 0.125. The molecule has 3 N–H and O–H groups in total. The second kappa shape index (κ2) is 7.55. The molecule has 0 aromatic heterocycles. The van der Waals surface area contributed by atoms with E-state index in [-0.39, 0.29) is 12.1 Å². The Kier molecular flexibility index (Phi) is 6.00. The van der Waals surface area contributed by atoms with Crippen molar-refractivity contribution in [2.24, 2.45) is 0 Å². The molecule has 0 heterocycles. The highest BCUT2D eigenvalue weighted by Gasteiger charge is 2.02. The first-order chi connectivity index (χ1) is 8.61. The van der Waals surface area contributed by atoms with Crippen LogP contribution >= 0.6 is 0 Å². The van der Waals surface area contributed by atoms with Crippen LogP contribution in [0.25, 0.3) is 0 Å². The molecule has 5 nitrogen and oxygen atoms in total. The fraction of sp³-hybridized carbons (Fsp3) is 0.462. The van der Waals surface area contributed by atoms with Crippen molar-refractivity contribution < 1.29 is 9.53 Å². The maximum Gasteiger partial charge on any atom is 0.319 e. The predicted octanol–water partition coefficient (Wildman–Crippen LogP) is 2.27. The molecule has 0 saturated heterocycles. The summed E-state index contributed by atoms with van der Waals surface area (Å²) >= 11 is 0. The van der Waals surface area contributed by atoms with Crippen LogP contribution in [0.2, 0.25) is 0 Å². The third kappa shape index (κ3) is 5.54. The van der Waals surface area contributed by atoms with E-state index < -0.39 is 0 Å². The van der Waals surface area contributed by atoms with E-state index in [1.54, 1.807) is 7.11 Å². The summed E-state index contributed by atoms with van der Waals surface area (Å²) in [7, 11) is 1.67. The molecule has 0 aliphatic rings. The molecule has 18 heavy (non-hydrogen) atoms. The molecule has 0 aliphatic heterocycles. The molecule has 2 amide bonds. The normalized spacial score (nSPS) is 10.2. The topological polar surface area (TPSA) is 62.4 Å². The average Bonchev–Trinajstić information content (AvgIpc) is 2.30. The summed E-state index contributed by atoms with van der Waals surface area (Å²) in [6.45, 7) is 5.26. The fourth-order valence-electron chi connectivity index (χ4n) is 1.40. The minimum atomic E-state index is -0.190. The molecule has 0 spiro atoms. The van der Waals surface area contributed by atoms with Crippen LogP contribution < -0.4 is 16.0 Å². The first kappa shape index (κ1) is 14.3. The first-order valence-electron chi connectivity index (χ1n) is 6.02. The van der Waals surface area contributed by atoms with Crippen LogP contribution in [0.4, 0.5) is 16.2 Å². The summed E-state index contributed by atoms with van der Waals surface area (Å²) in [5.74, 6) is 0. The molecule has 0 fully saturated rings. The van der Waals surface area contributed by atoms with Gasteiger partial charge < -0.3 is 20.7 Å². The molecule has 1 aromatic rings. The van der Waals surface area contributed by atoms with E-state index in [1.165, 1.54) is 0 Å². The first-order valence-corrected chi connectivity index (χ1v) is 6.02.